The largest absolute Gasteiger partial charge is 0.462 e. The van der Waals surface area contributed by atoms with Crippen LogP contribution in [0.15, 0.2) is 60.8 Å². The molecule has 0 radical (unpaired) electrons. The van der Waals surface area contributed by atoms with Crippen LogP contribution in [0.5, 0.6) is 0 Å². The van der Waals surface area contributed by atoms with Crippen molar-refractivity contribution < 1.29 is 28.6 Å². The van der Waals surface area contributed by atoms with Crippen molar-refractivity contribution in [1.29, 1.82) is 0 Å². The number of hydrogen-bond acceptors (Lipinski definition) is 6. The molecule has 0 N–H and O–H groups in total. The summed E-state index contributed by atoms with van der Waals surface area (Å²) in [7, 11) is 0. The van der Waals surface area contributed by atoms with E-state index in [1.807, 2.05) is 0 Å². The molecule has 0 saturated carbocycles. The topological polar surface area (TPSA) is 78.9 Å². The van der Waals surface area contributed by atoms with Crippen molar-refractivity contribution in [3.8, 4) is 0 Å². The van der Waals surface area contributed by atoms with Gasteiger partial charge < -0.3 is 14.2 Å². The third-order valence-electron chi connectivity index (χ3n) is 11.1. The lowest BCUT2D eigenvalue weighted by atomic mass is 10.0. The van der Waals surface area contributed by atoms with Crippen LogP contribution in [0.3, 0.4) is 0 Å². The molecule has 0 fully saturated rings. The van der Waals surface area contributed by atoms with Crippen LogP contribution in [0.4, 0.5) is 0 Å². The van der Waals surface area contributed by atoms with E-state index in [0.717, 1.165) is 83.5 Å². The molecule has 6 nitrogen and oxygen atoms in total. The number of ether oxygens (including phenoxy) is 3. The maximum atomic E-state index is 12.8. The summed E-state index contributed by atoms with van der Waals surface area (Å²) < 4.78 is 16.8. The molecule has 352 valence electrons. The van der Waals surface area contributed by atoms with E-state index in [1.165, 1.54) is 128 Å². The maximum absolute atomic E-state index is 12.8. The van der Waals surface area contributed by atoms with E-state index in [-0.39, 0.29) is 31.1 Å². The van der Waals surface area contributed by atoms with Gasteiger partial charge in [0.15, 0.2) is 6.10 Å². The Kier molecular flexibility index (Phi) is 47.4. The number of carbonyl (C=O) groups is 3. The highest BCUT2D eigenvalue weighted by molar-refractivity contribution is 5.71. The molecule has 0 aromatic rings. The highest BCUT2D eigenvalue weighted by Crippen LogP contribution is 2.16. The fourth-order valence-corrected chi connectivity index (χ4v) is 7.18. The van der Waals surface area contributed by atoms with E-state index >= 15 is 0 Å². The van der Waals surface area contributed by atoms with Crippen molar-refractivity contribution in [2.45, 2.75) is 258 Å². The average molecular weight is 853 g/mol. The van der Waals surface area contributed by atoms with Gasteiger partial charge in [0, 0.05) is 19.3 Å². The molecule has 0 spiro atoms. The van der Waals surface area contributed by atoms with Crippen LogP contribution in [-0.2, 0) is 28.6 Å². The first kappa shape index (κ1) is 58.1. The lowest BCUT2D eigenvalue weighted by Gasteiger charge is -2.18. The normalized spacial score (nSPS) is 12.5. The molecular weight excluding hydrogens is 757 g/mol. The smallest absolute Gasteiger partial charge is 0.306 e. The van der Waals surface area contributed by atoms with Crippen LogP contribution in [-0.4, -0.2) is 37.2 Å². The van der Waals surface area contributed by atoms with E-state index in [9.17, 15) is 14.4 Å². The predicted octanol–water partition coefficient (Wildman–Crippen LogP) is 16.9. The fraction of sp³-hybridized carbons (Fsp3) is 0.764. The van der Waals surface area contributed by atoms with Gasteiger partial charge in [-0.05, 0) is 57.8 Å². The number of allylic oxidation sites excluding steroid dienone is 10. The molecule has 6 heteroatoms. The molecule has 0 amide bonds. The summed E-state index contributed by atoms with van der Waals surface area (Å²) in [6.45, 7) is 6.43. The summed E-state index contributed by atoms with van der Waals surface area (Å²) in [5.74, 6) is -0.922. The summed E-state index contributed by atoms with van der Waals surface area (Å²) in [5, 5.41) is 0. The van der Waals surface area contributed by atoms with Crippen LogP contribution in [0.25, 0.3) is 0 Å². The first-order valence-corrected chi connectivity index (χ1v) is 25.8. The van der Waals surface area contributed by atoms with Gasteiger partial charge in [0.25, 0.3) is 0 Å². The van der Waals surface area contributed by atoms with Gasteiger partial charge in [-0.1, -0.05) is 236 Å². The summed E-state index contributed by atoms with van der Waals surface area (Å²) in [6, 6.07) is 0. The molecule has 0 aromatic heterocycles. The maximum Gasteiger partial charge on any atom is 0.306 e. The molecule has 61 heavy (non-hydrogen) atoms. The van der Waals surface area contributed by atoms with Gasteiger partial charge in [-0.2, -0.15) is 0 Å². The predicted molar refractivity (Wildman–Crippen MR) is 261 cm³/mol. The van der Waals surface area contributed by atoms with Gasteiger partial charge in [-0.15, -0.1) is 0 Å². The molecule has 0 saturated heterocycles. The zero-order chi connectivity index (χ0) is 44.4. The van der Waals surface area contributed by atoms with E-state index in [2.05, 4.69) is 81.5 Å². The number of carbonyl (C=O) groups excluding carboxylic acids is 3. The van der Waals surface area contributed by atoms with Crippen molar-refractivity contribution in [2.75, 3.05) is 13.2 Å². The Bertz CT molecular complexity index is 1120. The molecule has 1 atom stereocenters. The Morgan fingerprint density at radius 3 is 1.07 bits per heavy atom. The van der Waals surface area contributed by atoms with Crippen LogP contribution >= 0.6 is 0 Å². The Morgan fingerprint density at radius 1 is 0.344 bits per heavy atom. The number of rotatable bonds is 46. The van der Waals surface area contributed by atoms with Crippen LogP contribution in [0.1, 0.15) is 252 Å². The molecule has 0 aliphatic carbocycles. The summed E-state index contributed by atoms with van der Waals surface area (Å²) in [4.78, 5) is 37.9. The standard InChI is InChI=1S/C55H96O6/c1-4-7-10-13-16-19-22-24-26-27-29-30-33-36-39-42-45-48-54(57)60-51-52(50-59-53(56)47-44-41-38-35-32-21-18-15-12-9-6-3)61-55(58)49-46-43-40-37-34-31-28-25-23-20-17-14-11-8-5-2/h8,11,14-15,17-18,20-21,23,32,52H,4-7,9-10,12-13,16,19,22,24-31,33-51H2,1-3H3/b11-8-,17-14-,18-15-,23-20-,32-21-. The second-order valence-corrected chi connectivity index (χ2v) is 17.1. The van der Waals surface area contributed by atoms with E-state index < -0.39 is 6.10 Å². The minimum Gasteiger partial charge on any atom is -0.462 e. The minimum absolute atomic E-state index is 0.0859. The zero-order valence-electron chi connectivity index (χ0n) is 40.2. The Balaban J connectivity index is 4.37. The summed E-state index contributed by atoms with van der Waals surface area (Å²) >= 11 is 0. The van der Waals surface area contributed by atoms with Crippen molar-refractivity contribution in [2.24, 2.45) is 0 Å². The molecule has 0 aromatic carbocycles. The summed E-state index contributed by atoms with van der Waals surface area (Å²) in [5.41, 5.74) is 0. The fourth-order valence-electron chi connectivity index (χ4n) is 7.18. The van der Waals surface area contributed by atoms with E-state index in [1.54, 1.807) is 0 Å². The van der Waals surface area contributed by atoms with Crippen molar-refractivity contribution in [3.63, 3.8) is 0 Å². The molecule has 0 bridgehead atoms. The first-order chi connectivity index (χ1) is 30.0. The second-order valence-electron chi connectivity index (χ2n) is 17.1. The van der Waals surface area contributed by atoms with Gasteiger partial charge >= 0.3 is 17.9 Å². The molecule has 0 rings (SSSR count). The highest BCUT2D eigenvalue weighted by atomic mass is 16.6. The molecule has 0 aliphatic rings. The van der Waals surface area contributed by atoms with Gasteiger partial charge in [0.1, 0.15) is 13.2 Å². The van der Waals surface area contributed by atoms with Crippen LogP contribution in [0.2, 0.25) is 0 Å². The Labute approximate surface area is 377 Å². The average Bonchev–Trinajstić information content (AvgIpc) is 3.26. The van der Waals surface area contributed by atoms with Crippen LogP contribution in [0, 0.1) is 0 Å². The number of esters is 3. The first-order valence-electron chi connectivity index (χ1n) is 25.8. The highest BCUT2D eigenvalue weighted by Gasteiger charge is 2.19. The van der Waals surface area contributed by atoms with E-state index in [0.29, 0.717) is 19.3 Å². The zero-order valence-corrected chi connectivity index (χ0v) is 40.2. The molecule has 1 unspecified atom stereocenters. The lowest BCUT2D eigenvalue weighted by molar-refractivity contribution is -0.167. The van der Waals surface area contributed by atoms with Crippen LogP contribution < -0.4 is 0 Å². The quantitative estimate of drug-likeness (QED) is 0.0263. The monoisotopic (exact) mass is 853 g/mol. The summed E-state index contributed by atoms with van der Waals surface area (Å²) in [6.07, 6.45) is 60.6. The third kappa shape index (κ3) is 48.0. The van der Waals surface area contributed by atoms with Crippen molar-refractivity contribution >= 4 is 17.9 Å². The number of unbranched alkanes of at least 4 members (excludes halogenated alkanes) is 28. The Hall–Kier alpha value is -2.89. The molecule has 0 aliphatic heterocycles. The lowest BCUT2D eigenvalue weighted by Crippen LogP contribution is -2.30. The van der Waals surface area contributed by atoms with E-state index in [4.69, 9.17) is 14.2 Å². The minimum atomic E-state index is -0.788. The van der Waals surface area contributed by atoms with Gasteiger partial charge in [-0.25, -0.2) is 0 Å². The second kappa shape index (κ2) is 49.8. The number of hydrogen-bond donors (Lipinski definition) is 0. The Morgan fingerprint density at radius 2 is 0.656 bits per heavy atom. The molecule has 0 heterocycles. The SMILES string of the molecule is CC\C=C/C=C\C=C/CCCCCCCCCC(=O)OC(COC(=O)CCCCC/C=C\C=C/CCCC)COC(=O)CCCCCCCCCCCCCCCCCCC. The van der Waals surface area contributed by atoms with Crippen molar-refractivity contribution in [1.82, 2.24) is 0 Å². The van der Waals surface area contributed by atoms with Gasteiger partial charge in [0.2, 0.25) is 0 Å². The molecular formula is C55H96O6. The van der Waals surface area contributed by atoms with Gasteiger partial charge in [-0.3, -0.25) is 14.4 Å². The van der Waals surface area contributed by atoms with Gasteiger partial charge in [0.05, 0.1) is 0 Å². The van der Waals surface area contributed by atoms with Crippen molar-refractivity contribution in [3.05, 3.63) is 60.8 Å². The third-order valence-corrected chi connectivity index (χ3v) is 11.1.